The highest BCUT2D eigenvalue weighted by Gasteiger charge is 2.32. The Hall–Kier alpha value is -0.570. The molecular formula is C13H26N2O. The summed E-state index contributed by atoms with van der Waals surface area (Å²) >= 11 is 0. The molecule has 0 aromatic rings. The molecule has 0 bridgehead atoms. The van der Waals surface area contributed by atoms with E-state index < -0.39 is 6.04 Å². The van der Waals surface area contributed by atoms with E-state index in [1.54, 1.807) is 0 Å². The molecule has 0 heterocycles. The Bertz CT molecular complexity index is 249. The summed E-state index contributed by atoms with van der Waals surface area (Å²) in [6.07, 6.45) is 5.02. The quantitative estimate of drug-likeness (QED) is 0.774. The molecular weight excluding hydrogens is 200 g/mol. The monoisotopic (exact) mass is 226 g/mol. The molecule has 1 unspecified atom stereocenters. The fraction of sp³-hybridized carbons (Fsp3) is 0.923. The maximum Gasteiger partial charge on any atom is 0.237 e. The predicted octanol–water partition coefficient (Wildman–Crippen LogP) is 2.06. The normalized spacial score (nSPS) is 21.8. The Morgan fingerprint density at radius 1 is 1.38 bits per heavy atom. The van der Waals surface area contributed by atoms with Crippen molar-refractivity contribution in [1.82, 2.24) is 5.32 Å². The molecule has 1 atom stereocenters. The minimum atomic E-state index is -0.419. The third-order valence-corrected chi connectivity index (χ3v) is 3.72. The summed E-state index contributed by atoms with van der Waals surface area (Å²) in [5.74, 6) is -0.0133. The smallest absolute Gasteiger partial charge is 0.237 e. The average molecular weight is 226 g/mol. The van der Waals surface area contributed by atoms with Crippen molar-refractivity contribution in [3.63, 3.8) is 0 Å². The molecule has 1 fully saturated rings. The van der Waals surface area contributed by atoms with E-state index in [1.807, 2.05) is 20.8 Å². The van der Waals surface area contributed by atoms with Gasteiger partial charge in [-0.2, -0.15) is 0 Å². The zero-order valence-corrected chi connectivity index (χ0v) is 11.1. The third kappa shape index (κ3) is 3.48. The van der Waals surface area contributed by atoms with Gasteiger partial charge in [0.15, 0.2) is 0 Å². The molecule has 16 heavy (non-hydrogen) atoms. The minimum absolute atomic E-state index is 0.0133. The number of hydrogen-bond donors (Lipinski definition) is 2. The summed E-state index contributed by atoms with van der Waals surface area (Å²) in [5.41, 5.74) is 6.04. The molecule has 1 amide bonds. The van der Waals surface area contributed by atoms with Crippen LogP contribution < -0.4 is 11.1 Å². The molecule has 0 aliphatic heterocycles. The molecule has 3 nitrogen and oxygen atoms in total. The Morgan fingerprint density at radius 3 is 2.31 bits per heavy atom. The molecule has 3 N–H and O–H groups in total. The molecule has 0 saturated heterocycles. The molecule has 0 aromatic heterocycles. The molecule has 94 valence electrons. The Kier molecular flexibility index (Phi) is 4.00. The van der Waals surface area contributed by atoms with Crippen LogP contribution in [-0.4, -0.2) is 18.5 Å². The van der Waals surface area contributed by atoms with Crippen LogP contribution in [0.25, 0.3) is 0 Å². The van der Waals surface area contributed by atoms with Crippen LogP contribution in [0.4, 0.5) is 0 Å². The van der Waals surface area contributed by atoms with Crippen molar-refractivity contribution in [2.24, 2.45) is 16.6 Å². The molecule has 1 aliphatic rings. The lowest BCUT2D eigenvalue weighted by Gasteiger charge is -2.29. The van der Waals surface area contributed by atoms with E-state index in [0.29, 0.717) is 5.41 Å². The van der Waals surface area contributed by atoms with E-state index in [-0.39, 0.29) is 11.3 Å². The van der Waals surface area contributed by atoms with Crippen LogP contribution in [0.1, 0.15) is 53.4 Å². The number of carbonyl (C=O) groups excluding carboxylic acids is 1. The van der Waals surface area contributed by atoms with Crippen molar-refractivity contribution < 1.29 is 4.79 Å². The second kappa shape index (κ2) is 4.74. The van der Waals surface area contributed by atoms with Crippen LogP contribution in [0, 0.1) is 10.8 Å². The van der Waals surface area contributed by atoms with Gasteiger partial charge in [-0.15, -0.1) is 0 Å². The lowest BCUT2D eigenvalue weighted by Crippen LogP contribution is -2.50. The highest BCUT2D eigenvalue weighted by molar-refractivity contribution is 5.82. The van der Waals surface area contributed by atoms with Gasteiger partial charge < -0.3 is 11.1 Å². The van der Waals surface area contributed by atoms with Crippen molar-refractivity contribution in [3.05, 3.63) is 0 Å². The van der Waals surface area contributed by atoms with Crippen molar-refractivity contribution in [2.45, 2.75) is 59.4 Å². The zero-order chi connectivity index (χ0) is 12.4. The second-order valence-electron chi connectivity index (χ2n) is 6.58. The minimum Gasteiger partial charge on any atom is -0.354 e. The van der Waals surface area contributed by atoms with Gasteiger partial charge in [-0.3, -0.25) is 4.79 Å². The van der Waals surface area contributed by atoms with Crippen LogP contribution >= 0.6 is 0 Å². The predicted molar refractivity (Wildman–Crippen MR) is 67.0 cm³/mol. The summed E-state index contributed by atoms with van der Waals surface area (Å²) in [6, 6.07) is -0.419. The molecule has 0 spiro atoms. The maximum atomic E-state index is 11.9. The van der Waals surface area contributed by atoms with Gasteiger partial charge in [0.2, 0.25) is 5.91 Å². The van der Waals surface area contributed by atoms with Crippen molar-refractivity contribution in [2.75, 3.05) is 6.54 Å². The van der Waals surface area contributed by atoms with Crippen molar-refractivity contribution in [3.8, 4) is 0 Å². The van der Waals surface area contributed by atoms with E-state index in [9.17, 15) is 4.79 Å². The number of nitrogens with one attached hydrogen (secondary N) is 1. The van der Waals surface area contributed by atoms with E-state index in [2.05, 4.69) is 12.2 Å². The number of amides is 1. The Labute approximate surface area is 99.2 Å². The standard InChI is InChI=1S/C13H26N2O/c1-12(2,3)10(14)11(16)15-9-13(4)7-5-6-8-13/h10H,5-9,14H2,1-4H3,(H,15,16). The first-order valence-electron chi connectivity index (χ1n) is 6.28. The summed E-state index contributed by atoms with van der Waals surface area (Å²) < 4.78 is 0. The first kappa shape index (κ1) is 13.5. The van der Waals surface area contributed by atoms with Gasteiger partial charge in [-0.25, -0.2) is 0 Å². The third-order valence-electron chi connectivity index (χ3n) is 3.72. The summed E-state index contributed by atoms with van der Waals surface area (Å²) in [4.78, 5) is 11.9. The van der Waals surface area contributed by atoms with Crippen molar-refractivity contribution in [1.29, 1.82) is 0 Å². The van der Waals surface area contributed by atoms with Crippen LogP contribution in [0.3, 0.4) is 0 Å². The summed E-state index contributed by atoms with van der Waals surface area (Å²) in [7, 11) is 0. The summed E-state index contributed by atoms with van der Waals surface area (Å²) in [6.45, 7) is 9.01. The average Bonchev–Trinajstić information content (AvgIpc) is 2.60. The fourth-order valence-electron chi connectivity index (χ4n) is 2.21. The van der Waals surface area contributed by atoms with Crippen LogP contribution in [-0.2, 0) is 4.79 Å². The van der Waals surface area contributed by atoms with Crippen molar-refractivity contribution >= 4 is 5.91 Å². The maximum absolute atomic E-state index is 11.9. The lowest BCUT2D eigenvalue weighted by atomic mass is 9.85. The highest BCUT2D eigenvalue weighted by atomic mass is 16.2. The first-order chi connectivity index (χ1) is 7.25. The highest BCUT2D eigenvalue weighted by Crippen LogP contribution is 2.36. The number of rotatable bonds is 3. The number of carbonyl (C=O) groups is 1. The Morgan fingerprint density at radius 2 is 1.88 bits per heavy atom. The van der Waals surface area contributed by atoms with E-state index in [0.717, 1.165) is 6.54 Å². The second-order valence-corrected chi connectivity index (χ2v) is 6.58. The molecule has 0 aromatic carbocycles. The van der Waals surface area contributed by atoms with Crippen LogP contribution in [0.5, 0.6) is 0 Å². The van der Waals surface area contributed by atoms with Gasteiger partial charge in [0, 0.05) is 6.54 Å². The summed E-state index contributed by atoms with van der Waals surface area (Å²) in [5, 5.41) is 3.01. The first-order valence-corrected chi connectivity index (χ1v) is 6.28. The molecule has 1 aliphatic carbocycles. The van der Waals surface area contributed by atoms with E-state index in [1.165, 1.54) is 25.7 Å². The van der Waals surface area contributed by atoms with Gasteiger partial charge in [-0.1, -0.05) is 40.5 Å². The van der Waals surface area contributed by atoms with E-state index in [4.69, 9.17) is 5.73 Å². The lowest BCUT2D eigenvalue weighted by molar-refractivity contribution is -0.125. The van der Waals surface area contributed by atoms with Crippen LogP contribution in [0.2, 0.25) is 0 Å². The van der Waals surface area contributed by atoms with E-state index >= 15 is 0 Å². The Balaban J connectivity index is 2.40. The van der Waals surface area contributed by atoms with Gasteiger partial charge in [-0.05, 0) is 23.7 Å². The van der Waals surface area contributed by atoms with Gasteiger partial charge in [0.1, 0.15) is 0 Å². The zero-order valence-electron chi connectivity index (χ0n) is 11.1. The molecule has 1 saturated carbocycles. The largest absolute Gasteiger partial charge is 0.354 e. The number of hydrogen-bond acceptors (Lipinski definition) is 2. The molecule has 3 heteroatoms. The molecule has 1 rings (SSSR count). The molecule has 0 radical (unpaired) electrons. The van der Waals surface area contributed by atoms with Gasteiger partial charge in [0.05, 0.1) is 6.04 Å². The van der Waals surface area contributed by atoms with Gasteiger partial charge in [0.25, 0.3) is 0 Å². The fourth-order valence-corrected chi connectivity index (χ4v) is 2.21. The van der Waals surface area contributed by atoms with Gasteiger partial charge >= 0.3 is 0 Å². The van der Waals surface area contributed by atoms with Crippen LogP contribution in [0.15, 0.2) is 0 Å². The topological polar surface area (TPSA) is 55.1 Å². The number of nitrogens with two attached hydrogens (primary N) is 1. The SMILES string of the molecule is CC1(CNC(=O)C(N)C(C)(C)C)CCCC1.